The molecule has 1 aromatic rings. The molecule has 0 saturated carbocycles. The maximum Gasteiger partial charge on any atom is 0.305 e. The molecule has 0 amide bonds. The van der Waals surface area contributed by atoms with E-state index in [0.29, 0.717) is 18.4 Å². The Labute approximate surface area is 93.7 Å². The molecule has 88 valence electrons. The van der Waals surface area contributed by atoms with Crippen molar-refractivity contribution in [1.82, 2.24) is 9.97 Å². The van der Waals surface area contributed by atoms with Crippen LogP contribution >= 0.6 is 0 Å². The molecule has 0 aromatic carbocycles. The Balaban J connectivity index is 2.50. The van der Waals surface area contributed by atoms with Gasteiger partial charge < -0.3 is 15.2 Å². The molecule has 1 heterocycles. The fourth-order valence-electron chi connectivity index (χ4n) is 1.02. The van der Waals surface area contributed by atoms with Crippen molar-refractivity contribution in [3.05, 3.63) is 12.3 Å². The van der Waals surface area contributed by atoms with E-state index in [0.717, 1.165) is 0 Å². The molecular weight excluding hydrogens is 210 g/mol. The van der Waals surface area contributed by atoms with E-state index >= 15 is 0 Å². The average Bonchev–Trinajstić information content (AvgIpc) is 2.16. The number of nitrogens with zero attached hydrogens (tertiary/aromatic N) is 2. The highest BCUT2D eigenvalue weighted by Crippen LogP contribution is 2.09. The first-order valence-corrected chi connectivity index (χ1v) is 5.03. The van der Waals surface area contributed by atoms with Gasteiger partial charge in [0.15, 0.2) is 0 Å². The summed E-state index contributed by atoms with van der Waals surface area (Å²) >= 11 is 0. The molecule has 0 aliphatic rings. The van der Waals surface area contributed by atoms with Gasteiger partial charge in [-0.25, -0.2) is 4.98 Å². The summed E-state index contributed by atoms with van der Waals surface area (Å²) in [4.78, 5) is 18.3. The molecule has 16 heavy (non-hydrogen) atoms. The zero-order valence-electron chi connectivity index (χ0n) is 9.30. The summed E-state index contributed by atoms with van der Waals surface area (Å²) in [5.41, 5.74) is 0. The lowest BCUT2D eigenvalue weighted by Crippen LogP contribution is -2.11. The molecule has 0 aliphatic heterocycles. The minimum absolute atomic E-state index is 0.0264. The van der Waals surface area contributed by atoms with Crippen molar-refractivity contribution in [2.45, 2.75) is 26.4 Å². The highest BCUT2D eigenvalue weighted by Gasteiger charge is 2.02. The standard InChI is InChI=1S/C10H15N3O3/c1-7(2)16-8-3-5-11-10(13-8)12-6-4-9(14)15/h3,5,7H,4,6H2,1-2H3,(H,14,15)(H,11,12,13). The predicted octanol–water partition coefficient (Wildman–Crippen LogP) is 1.15. The molecule has 6 heteroatoms. The van der Waals surface area contributed by atoms with E-state index in [1.54, 1.807) is 12.3 Å². The molecule has 0 unspecified atom stereocenters. The second kappa shape index (κ2) is 5.89. The van der Waals surface area contributed by atoms with Gasteiger partial charge in [0.2, 0.25) is 11.8 Å². The number of ether oxygens (including phenoxy) is 1. The number of anilines is 1. The summed E-state index contributed by atoms with van der Waals surface area (Å²) in [5, 5.41) is 11.3. The molecule has 0 aliphatic carbocycles. The SMILES string of the molecule is CC(C)Oc1ccnc(NCCC(=O)O)n1. The van der Waals surface area contributed by atoms with Crippen LogP contribution in [-0.2, 0) is 4.79 Å². The Morgan fingerprint density at radius 1 is 1.62 bits per heavy atom. The van der Waals surface area contributed by atoms with Gasteiger partial charge >= 0.3 is 5.97 Å². The van der Waals surface area contributed by atoms with Crippen LogP contribution in [0.5, 0.6) is 5.88 Å². The van der Waals surface area contributed by atoms with Crippen molar-refractivity contribution in [2.24, 2.45) is 0 Å². The van der Waals surface area contributed by atoms with E-state index in [9.17, 15) is 4.79 Å². The van der Waals surface area contributed by atoms with Crippen molar-refractivity contribution >= 4 is 11.9 Å². The lowest BCUT2D eigenvalue weighted by molar-refractivity contribution is -0.136. The molecule has 0 fully saturated rings. The van der Waals surface area contributed by atoms with Crippen LogP contribution in [0, 0.1) is 0 Å². The number of carbonyl (C=O) groups is 1. The molecule has 0 atom stereocenters. The Bertz CT molecular complexity index is 355. The second-order valence-corrected chi connectivity index (χ2v) is 3.46. The van der Waals surface area contributed by atoms with Crippen molar-refractivity contribution in [1.29, 1.82) is 0 Å². The average molecular weight is 225 g/mol. The monoisotopic (exact) mass is 225 g/mol. The second-order valence-electron chi connectivity index (χ2n) is 3.46. The Morgan fingerprint density at radius 3 is 3.00 bits per heavy atom. The summed E-state index contributed by atoms with van der Waals surface area (Å²) in [6.07, 6.45) is 1.63. The maximum atomic E-state index is 10.3. The van der Waals surface area contributed by atoms with Crippen LogP contribution in [0.3, 0.4) is 0 Å². The minimum atomic E-state index is -0.859. The van der Waals surface area contributed by atoms with Crippen LogP contribution in [0.1, 0.15) is 20.3 Å². The smallest absolute Gasteiger partial charge is 0.305 e. The number of hydrogen-bond donors (Lipinski definition) is 2. The number of carboxylic acids is 1. The highest BCUT2D eigenvalue weighted by molar-refractivity contribution is 5.67. The van der Waals surface area contributed by atoms with Crippen LogP contribution < -0.4 is 10.1 Å². The van der Waals surface area contributed by atoms with E-state index in [4.69, 9.17) is 9.84 Å². The Morgan fingerprint density at radius 2 is 2.38 bits per heavy atom. The molecule has 0 saturated heterocycles. The van der Waals surface area contributed by atoms with Crippen LogP contribution in [0.2, 0.25) is 0 Å². The van der Waals surface area contributed by atoms with Crippen LogP contribution in [0.4, 0.5) is 5.95 Å². The van der Waals surface area contributed by atoms with Gasteiger partial charge in [0.05, 0.1) is 12.5 Å². The van der Waals surface area contributed by atoms with Crippen LogP contribution in [0.25, 0.3) is 0 Å². The first kappa shape index (κ1) is 12.2. The van der Waals surface area contributed by atoms with E-state index in [2.05, 4.69) is 15.3 Å². The maximum absolute atomic E-state index is 10.3. The zero-order valence-corrected chi connectivity index (χ0v) is 9.30. The van der Waals surface area contributed by atoms with Crippen molar-refractivity contribution in [3.63, 3.8) is 0 Å². The van der Waals surface area contributed by atoms with Gasteiger partial charge in [-0.2, -0.15) is 4.98 Å². The summed E-state index contributed by atoms with van der Waals surface area (Å²) in [5.74, 6) is -0.00990. The molecule has 0 bridgehead atoms. The number of hydrogen-bond acceptors (Lipinski definition) is 5. The minimum Gasteiger partial charge on any atom is -0.481 e. The summed E-state index contributed by atoms with van der Waals surface area (Å²) < 4.78 is 5.37. The number of aliphatic carboxylic acids is 1. The topological polar surface area (TPSA) is 84.3 Å². The summed E-state index contributed by atoms with van der Waals surface area (Å²) in [6.45, 7) is 4.10. The summed E-state index contributed by atoms with van der Waals surface area (Å²) in [7, 11) is 0. The predicted molar refractivity (Wildman–Crippen MR) is 58.5 cm³/mol. The Kier molecular flexibility index (Phi) is 4.50. The largest absolute Gasteiger partial charge is 0.481 e. The zero-order chi connectivity index (χ0) is 12.0. The normalized spacial score (nSPS) is 10.2. The molecule has 2 N–H and O–H groups in total. The fraction of sp³-hybridized carbons (Fsp3) is 0.500. The summed E-state index contributed by atoms with van der Waals surface area (Å²) in [6, 6.07) is 1.66. The van der Waals surface area contributed by atoms with Crippen molar-refractivity contribution in [3.8, 4) is 5.88 Å². The van der Waals surface area contributed by atoms with Gasteiger partial charge in [0.1, 0.15) is 0 Å². The van der Waals surface area contributed by atoms with Gasteiger partial charge in [-0.1, -0.05) is 0 Å². The van der Waals surface area contributed by atoms with Crippen molar-refractivity contribution < 1.29 is 14.6 Å². The van der Waals surface area contributed by atoms with Gasteiger partial charge in [-0.05, 0) is 13.8 Å². The lowest BCUT2D eigenvalue weighted by Gasteiger charge is -2.09. The van der Waals surface area contributed by atoms with Gasteiger partial charge in [-0.3, -0.25) is 4.79 Å². The van der Waals surface area contributed by atoms with E-state index in [1.165, 1.54) is 0 Å². The molecule has 6 nitrogen and oxygen atoms in total. The van der Waals surface area contributed by atoms with E-state index in [1.807, 2.05) is 13.8 Å². The van der Waals surface area contributed by atoms with E-state index < -0.39 is 5.97 Å². The number of rotatable bonds is 6. The van der Waals surface area contributed by atoms with Crippen LogP contribution in [-0.4, -0.2) is 33.7 Å². The first-order chi connectivity index (χ1) is 7.58. The third-order valence-corrected chi connectivity index (χ3v) is 1.61. The van der Waals surface area contributed by atoms with E-state index in [-0.39, 0.29) is 12.5 Å². The number of carboxylic acid groups (broad SMARTS) is 1. The molecular formula is C10H15N3O3. The number of nitrogens with one attached hydrogen (secondary N) is 1. The van der Waals surface area contributed by atoms with Crippen molar-refractivity contribution in [2.75, 3.05) is 11.9 Å². The van der Waals surface area contributed by atoms with Crippen LogP contribution in [0.15, 0.2) is 12.3 Å². The quantitative estimate of drug-likeness (QED) is 0.755. The molecule has 1 rings (SSSR count). The third kappa shape index (κ3) is 4.59. The fourth-order valence-corrected chi connectivity index (χ4v) is 1.02. The number of aromatic nitrogens is 2. The molecule has 0 radical (unpaired) electrons. The van der Waals surface area contributed by atoms with Gasteiger partial charge in [0, 0.05) is 18.8 Å². The first-order valence-electron chi connectivity index (χ1n) is 5.03. The van der Waals surface area contributed by atoms with Gasteiger partial charge in [0.25, 0.3) is 0 Å². The highest BCUT2D eigenvalue weighted by atomic mass is 16.5. The van der Waals surface area contributed by atoms with Gasteiger partial charge in [-0.15, -0.1) is 0 Å². The molecule has 1 aromatic heterocycles. The Hall–Kier alpha value is -1.85. The lowest BCUT2D eigenvalue weighted by atomic mass is 10.4. The molecule has 0 spiro atoms. The third-order valence-electron chi connectivity index (χ3n) is 1.61.